The highest BCUT2D eigenvalue weighted by atomic mass is 32.1. The fourth-order valence-electron chi connectivity index (χ4n) is 5.67. The van der Waals surface area contributed by atoms with Gasteiger partial charge in [0.1, 0.15) is 9.66 Å². The number of fused-ring (bicyclic) bond motifs is 6. The van der Waals surface area contributed by atoms with Crippen LogP contribution >= 0.6 is 45.3 Å². The Labute approximate surface area is 228 Å². The highest BCUT2D eigenvalue weighted by Crippen LogP contribution is 2.47. The van der Waals surface area contributed by atoms with Crippen molar-refractivity contribution in [3.63, 3.8) is 0 Å². The Morgan fingerprint density at radius 2 is 1.58 bits per heavy atom. The van der Waals surface area contributed by atoms with Crippen LogP contribution in [0.25, 0.3) is 39.2 Å². The van der Waals surface area contributed by atoms with E-state index in [0.717, 1.165) is 12.3 Å². The maximum absolute atomic E-state index is 5.15. The molecule has 6 heteroatoms. The zero-order valence-corrected chi connectivity index (χ0v) is 24.4. The number of rotatable bonds is 3. The van der Waals surface area contributed by atoms with Gasteiger partial charge < -0.3 is 0 Å². The molecule has 4 heterocycles. The van der Waals surface area contributed by atoms with Crippen molar-refractivity contribution in [1.29, 1.82) is 0 Å². The van der Waals surface area contributed by atoms with E-state index < -0.39 is 0 Å². The second-order valence-corrected chi connectivity index (χ2v) is 15.7. The van der Waals surface area contributed by atoms with E-state index in [0.29, 0.717) is 5.92 Å². The number of nitrogens with zero attached hydrogens (tertiary/aromatic N) is 2. The Bertz CT molecular complexity index is 1740. The maximum Gasteiger partial charge on any atom is 0.135 e. The number of aromatic nitrogens is 2. The van der Waals surface area contributed by atoms with Gasteiger partial charge in [-0.05, 0) is 47.4 Å². The summed E-state index contributed by atoms with van der Waals surface area (Å²) in [4.78, 5) is 12.7. The number of thiazole rings is 2. The van der Waals surface area contributed by atoms with Gasteiger partial charge in [0.15, 0.2) is 0 Å². The van der Waals surface area contributed by atoms with E-state index in [1.54, 1.807) is 0 Å². The first-order valence-electron chi connectivity index (χ1n) is 13.0. The summed E-state index contributed by atoms with van der Waals surface area (Å²) in [6.07, 6.45) is 6.25. The Balaban J connectivity index is 1.24. The SMILES string of the molecule is CC1CCCC(c2nc3sc4cc5c(cc4c3s2)sc2nc(Cc3cccc(C(C)(C)C)c3)sc25)C1. The van der Waals surface area contributed by atoms with Crippen LogP contribution in [-0.2, 0) is 11.8 Å². The standard InChI is InChI=1S/C30H30N2S4/c1-16-7-5-9-18(11-16)27-32-29-26(36-27)21-15-22-20(14-23(21)34-29)25-28(33-22)31-24(35-25)13-17-8-6-10-19(12-17)30(2,3)4/h6,8,10,12,14-16,18H,5,7,9,11,13H2,1-4H3. The first kappa shape index (κ1) is 23.3. The van der Waals surface area contributed by atoms with E-state index in [2.05, 4.69) is 64.1 Å². The van der Waals surface area contributed by atoms with Crippen molar-refractivity contribution in [3.05, 3.63) is 57.5 Å². The lowest BCUT2D eigenvalue weighted by molar-refractivity contribution is 0.344. The number of hydrogen-bond acceptors (Lipinski definition) is 6. The highest BCUT2D eigenvalue weighted by molar-refractivity contribution is 7.33. The van der Waals surface area contributed by atoms with Crippen LogP contribution < -0.4 is 0 Å². The molecule has 7 rings (SSSR count). The van der Waals surface area contributed by atoms with Crippen molar-refractivity contribution in [2.45, 2.75) is 71.1 Å². The molecule has 0 radical (unpaired) electrons. The second-order valence-electron chi connectivity index (χ2n) is 11.6. The summed E-state index contributed by atoms with van der Waals surface area (Å²) in [6, 6.07) is 13.8. The molecule has 2 atom stereocenters. The van der Waals surface area contributed by atoms with Gasteiger partial charge in [-0.15, -0.1) is 45.3 Å². The van der Waals surface area contributed by atoms with Gasteiger partial charge in [0, 0.05) is 32.5 Å². The van der Waals surface area contributed by atoms with Crippen LogP contribution in [0.15, 0.2) is 36.4 Å². The zero-order chi connectivity index (χ0) is 24.6. The third-order valence-electron chi connectivity index (χ3n) is 7.67. The molecule has 1 fully saturated rings. The quantitative estimate of drug-likeness (QED) is 0.221. The van der Waals surface area contributed by atoms with Crippen molar-refractivity contribution in [2.75, 3.05) is 0 Å². The molecule has 0 saturated heterocycles. The Hall–Kier alpha value is -1.86. The van der Waals surface area contributed by atoms with E-state index in [1.165, 1.54) is 86.1 Å². The summed E-state index contributed by atoms with van der Waals surface area (Å²) in [5.41, 5.74) is 2.90. The van der Waals surface area contributed by atoms with Crippen molar-refractivity contribution in [1.82, 2.24) is 9.97 Å². The lowest BCUT2D eigenvalue weighted by Crippen LogP contribution is -2.11. The van der Waals surface area contributed by atoms with Crippen LogP contribution in [-0.4, -0.2) is 9.97 Å². The van der Waals surface area contributed by atoms with Crippen LogP contribution in [0.2, 0.25) is 0 Å². The van der Waals surface area contributed by atoms with E-state index in [1.807, 2.05) is 45.3 Å². The van der Waals surface area contributed by atoms with Gasteiger partial charge in [0.25, 0.3) is 0 Å². The molecular formula is C30H30N2S4. The summed E-state index contributed by atoms with van der Waals surface area (Å²) < 4.78 is 5.47. The Morgan fingerprint density at radius 1 is 0.861 bits per heavy atom. The van der Waals surface area contributed by atoms with Crippen molar-refractivity contribution in [2.24, 2.45) is 5.92 Å². The van der Waals surface area contributed by atoms with Gasteiger partial charge in [0.05, 0.1) is 19.4 Å². The average Bonchev–Trinajstić information content (AvgIpc) is 3.57. The van der Waals surface area contributed by atoms with E-state index in [9.17, 15) is 0 Å². The van der Waals surface area contributed by atoms with Gasteiger partial charge in [-0.25, -0.2) is 9.97 Å². The van der Waals surface area contributed by atoms with Crippen LogP contribution in [0, 0.1) is 5.92 Å². The molecule has 1 aliphatic carbocycles. The smallest absolute Gasteiger partial charge is 0.135 e. The maximum atomic E-state index is 5.15. The second kappa shape index (κ2) is 8.59. The van der Waals surface area contributed by atoms with E-state index >= 15 is 0 Å². The molecule has 0 spiro atoms. The van der Waals surface area contributed by atoms with Crippen LogP contribution in [0.1, 0.15) is 80.4 Å². The first-order chi connectivity index (χ1) is 17.3. The van der Waals surface area contributed by atoms with Gasteiger partial charge in [-0.1, -0.05) is 64.8 Å². The van der Waals surface area contributed by atoms with Gasteiger partial charge in [-0.3, -0.25) is 0 Å². The largest absolute Gasteiger partial charge is 0.230 e. The summed E-state index contributed by atoms with van der Waals surface area (Å²) in [7, 11) is 0. The molecule has 184 valence electrons. The molecule has 0 bridgehead atoms. The molecule has 0 amide bonds. The summed E-state index contributed by atoms with van der Waals surface area (Å²) in [5.74, 6) is 1.50. The van der Waals surface area contributed by atoms with Gasteiger partial charge in [-0.2, -0.15) is 0 Å². The molecular weight excluding hydrogens is 517 g/mol. The van der Waals surface area contributed by atoms with Crippen molar-refractivity contribution >= 4 is 84.6 Å². The summed E-state index contributed by atoms with van der Waals surface area (Å²) in [5, 5.41) is 5.34. The summed E-state index contributed by atoms with van der Waals surface area (Å²) >= 11 is 7.55. The zero-order valence-electron chi connectivity index (χ0n) is 21.2. The minimum Gasteiger partial charge on any atom is -0.230 e. The Morgan fingerprint density at radius 3 is 2.31 bits per heavy atom. The third-order valence-corrected chi connectivity index (χ3v) is 12.4. The topological polar surface area (TPSA) is 25.8 Å². The lowest BCUT2D eigenvalue weighted by Gasteiger charge is -2.24. The third kappa shape index (κ3) is 4.01. The van der Waals surface area contributed by atoms with Crippen LogP contribution in [0.3, 0.4) is 0 Å². The predicted molar refractivity (Wildman–Crippen MR) is 162 cm³/mol. The molecule has 2 nitrogen and oxygen atoms in total. The molecule has 1 aliphatic rings. The number of thiophene rings is 2. The molecule has 4 aromatic heterocycles. The first-order valence-corrected chi connectivity index (χ1v) is 16.2. The Kier molecular flexibility index (Phi) is 5.55. The average molecular weight is 547 g/mol. The fraction of sp³-hybridized carbons (Fsp3) is 0.400. The van der Waals surface area contributed by atoms with Gasteiger partial charge in [0.2, 0.25) is 0 Å². The minimum absolute atomic E-state index is 0.166. The van der Waals surface area contributed by atoms with Gasteiger partial charge >= 0.3 is 0 Å². The highest BCUT2D eigenvalue weighted by Gasteiger charge is 2.25. The molecule has 0 N–H and O–H groups in total. The molecule has 0 aliphatic heterocycles. The predicted octanol–water partition coefficient (Wildman–Crippen LogP) is 10.5. The molecule has 36 heavy (non-hydrogen) atoms. The summed E-state index contributed by atoms with van der Waals surface area (Å²) in [6.45, 7) is 9.23. The fourth-order valence-corrected chi connectivity index (χ4v) is 10.6. The number of benzene rings is 2. The number of hydrogen-bond donors (Lipinski definition) is 0. The minimum atomic E-state index is 0.166. The lowest BCUT2D eigenvalue weighted by atomic mass is 9.83. The van der Waals surface area contributed by atoms with Crippen molar-refractivity contribution < 1.29 is 0 Å². The normalized spacial score (nSPS) is 19.3. The van der Waals surface area contributed by atoms with E-state index in [-0.39, 0.29) is 5.41 Å². The molecule has 6 aromatic rings. The van der Waals surface area contributed by atoms with Crippen LogP contribution in [0.4, 0.5) is 0 Å². The van der Waals surface area contributed by atoms with E-state index in [4.69, 9.17) is 9.97 Å². The van der Waals surface area contributed by atoms with Crippen LogP contribution in [0.5, 0.6) is 0 Å². The molecule has 2 unspecified atom stereocenters. The monoisotopic (exact) mass is 546 g/mol. The van der Waals surface area contributed by atoms with Crippen molar-refractivity contribution in [3.8, 4) is 0 Å². The molecule has 1 saturated carbocycles. The molecule has 2 aromatic carbocycles.